The van der Waals surface area contributed by atoms with Gasteiger partial charge in [-0.25, -0.2) is 4.68 Å². The zero-order valence-corrected chi connectivity index (χ0v) is 12.6. The van der Waals surface area contributed by atoms with Crippen LogP contribution >= 0.6 is 0 Å². The van der Waals surface area contributed by atoms with E-state index in [-0.39, 0.29) is 5.75 Å². The number of nitrogens with zero attached hydrogens (tertiary/aromatic N) is 3. The second-order valence-corrected chi connectivity index (χ2v) is 5.53. The van der Waals surface area contributed by atoms with Gasteiger partial charge >= 0.3 is 0 Å². The van der Waals surface area contributed by atoms with Gasteiger partial charge in [0.1, 0.15) is 22.5 Å². The molecule has 1 heterocycles. The molecule has 4 heteroatoms. The van der Waals surface area contributed by atoms with Crippen molar-refractivity contribution in [3.8, 4) is 22.6 Å². The minimum absolute atomic E-state index is 0.185. The summed E-state index contributed by atoms with van der Waals surface area (Å²) in [6.45, 7) is 1.99. The largest absolute Gasteiger partial charge is 0.506 e. The van der Waals surface area contributed by atoms with Crippen molar-refractivity contribution >= 4 is 11.0 Å². The average molecular weight is 301 g/mol. The highest BCUT2D eigenvalue weighted by molar-refractivity contribution is 5.93. The number of aromatic hydroxyl groups is 1. The Morgan fingerprint density at radius 1 is 0.913 bits per heavy atom. The molecule has 1 aromatic heterocycles. The second kappa shape index (κ2) is 5.25. The highest BCUT2D eigenvalue weighted by Gasteiger charge is 2.14. The lowest BCUT2D eigenvalue weighted by atomic mass is 10.0. The molecule has 0 saturated heterocycles. The third kappa shape index (κ3) is 2.25. The number of hydrogen-bond acceptors (Lipinski definition) is 3. The first kappa shape index (κ1) is 13.5. The van der Waals surface area contributed by atoms with E-state index in [0.29, 0.717) is 5.69 Å². The second-order valence-electron chi connectivity index (χ2n) is 5.53. The summed E-state index contributed by atoms with van der Waals surface area (Å²) >= 11 is 0. The monoisotopic (exact) mass is 301 g/mol. The van der Waals surface area contributed by atoms with E-state index in [1.54, 1.807) is 10.7 Å². The molecule has 0 atom stereocenters. The molecule has 0 saturated carbocycles. The first-order chi connectivity index (χ1) is 11.2. The molecule has 0 aliphatic heterocycles. The van der Waals surface area contributed by atoms with Gasteiger partial charge in [0, 0.05) is 5.56 Å². The van der Waals surface area contributed by atoms with Crippen LogP contribution < -0.4 is 0 Å². The predicted octanol–water partition coefficient (Wildman–Crippen LogP) is 4.10. The number of rotatable bonds is 2. The van der Waals surface area contributed by atoms with Crippen LogP contribution in [0.2, 0.25) is 0 Å². The van der Waals surface area contributed by atoms with E-state index in [0.717, 1.165) is 27.7 Å². The average Bonchev–Trinajstić information content (AvgIpc) is 3.02. The van der Waals surface area contributed by atoms with Crippen molar-refractivity contribution in [3.05, 3.63) is 72.3 Å². The minimum Gasteiger partial charge on any atom is -0.506 e. The van der Waals surface area contributed by atoms with Crippen LogP contribution in [0.5, 0.6) is 5.75 Å². The number of aromatic nitrogens is 3. The first-order valence-corrected chi connectivity index (χ1v) is 7.44. The van der Waals surface area contributed by atoms with Crippen LogP contribution in [0, 0.1) is 6.92 Å². The molecule has 0 radical (unpaired) electrons. The van der Waals surface area contributed by atoms with Gasteiger partial charge in [-0.05, 0) is 36.2 Å². The van der Waals surface area contributed by atoms with Crippen molar-refractivity contribution in [1.82, 2.24) is 15.0 Å². The van der Waals surface area contributed by atoms with Crippen molar-refractivity contribution in [3.63, 3.8) is 0 Å². The van der Waals surface area contributed by atoms with Gasteiger partial charge in [0.25, 0.3) is 0 Å². The van der Waals surface area contributed by atoms with E-state index >= 15 is 0 Å². The molecule has 23 heavy (non-hydrogen) atoms. The number of hydrogen-bond donors (Lipinski definition) is 1. The molecule has 112 valence electrons. The fraction of sp³-hybridized carbons (Fsp3) is 0.0526. The van der Waals surface area contributed by atoms with Crippen LogP contribution in [0.4, 0.5) is 0 Å². The van der Waals surface area contributed by atoms with Crippen LogP contribution in [0.25, 0.3) is 27.8 Å². The fourth-order valence-electron chi connectivity index (χ4n) is 2.79. The summed E-state index contributed by atoms with van der Waals surface area (Å²) in [6.07, 6.45) is 0. The summed E-state index contributed by atoms with van der Waals surface area (Å²) in [5.74, 6) is 0.185. The van der Waals surface area contributed by atoms with Crippen molar-refractivity contribution in [2.75, 3.05) is 0 Å². The minimum atomic E-state index is 0.185. The predicted molar refractivity (Wildman–Crippen MR) is 90.7 cm³/mol. The van der Waals surface area contributed by atoms with Gasteiger partial charge in [0.05, 0.1) is 0 Å². The Kier molecular flexibility index (Phi) is 3.08. The van der Waals surface area contributed by atoms with Gasteiger partial charge in [-0.15, -0.1) is 5.10 Å². The molecule has 1 N–H and O–H groups in total. The molecule has 0 aliphatic carbocycles. The smallest absolute Gasteiger partial charge is 0.141 e. The van der Waals surface area contributed by atoms with Gasteiger partial charge in [0.15, 0.2) is 0 Å². The Labute approximate surface area is 133 Å². The summed E-state index contributed by atoms with van der Waals surface area (Å²) in [7, 11) is 0. The lowest BCUT2D eigenvalue weighted by Gasteiger charge is -2.09. The summed E-state index contributed by atoms with van der Waals surface area (Å²) in [6, 6.07) is 21.5. The maximum absolute atomic E-state index is 10.2. The third-order valence-corrected chi connectivity index (χ3v) is 3.91. The number of aryl methyl sites for hydroxylation is 1. The number of fused-ring (bicyclic) bond motifs is 1. The molecule has 0 spiro atoms. The number of phenols is 1. The molecule has 3 aromatic carbocycles. The quantitative estimate of drug-likeness (QED) is 0.606. The van der Waals surface area contributed by atoms with E-state index < -0.39 is 0 Å². The topological polar surface area (TPSA) is 50.9 Å². The molecule has 4 aromatic rings. The molecule has 0 aliphatic rings. The number of phenolic OH excluding ortho intramolecular Hbond substituents is 1. The van der Waals surface area contributed by atoms with E-state index in [2.05, 4.69) is 22.4 Å². The van der Waals surface area contributed by atoms with Gasteiger partial charge in [0.2, 0.25) is 0 Å². The van der Waals surface area contributed by atoms with Crippen molar-refractivity contribution in [1.29, 1.82) is 0 Å². The summed E-state index contributed by atoms with van der Waals surface area (Å²) in [4.78, 5) is 0. The van der Waals surface area contributed by atoms with Crippen LogP contribution in [-0.2, 0) is 0 Å². The highest BCUT2D eigenvalue weighted by Crippen LogP contribution is 2.31. The first-order valence-electron chi connectivity index (χ1n) is 7.44. The van der Waals surface area contributed by atoms with Gasteiger partial charge in [-0.1, -0.05) is 53.7 Å². The Bertz CT molecular complexity index is 990. The summed E-state index contributed by atoms with van der Waals surface area (Å²) in [5, 5.41) is 18.8. The van der Waals surface area contributed by atoms with E-state index in [1.165, 1.54) is 0 Å². The van der Waals surface area contributed by atoms with Crippen molar-refractivity contribution in [2.45, 2.75) is 6.92 Å². The van der Waals surface area contributed by atoms with E-state index in [9.17, 15) is 5.11 Å². The summed E-state index contributed by atoms with van der Waals surface area (Å²) in [5.41, 5.74) is 5.50. The Morgan fingerprint density at radius 2 is 1.74 bits per heavy atom. The number of para-hydroxylation sites is 1. The molecule has 0 unspecified atom stereocenters. The zero-order chi connectivity index (χ0) is 15.8. The van der Waals surface area contributed by atoms with E-state index in [1.807, 2.05) is 55.5 Å². The Morgan fingerprint density at radius 3 is 2.57 bits per heavy atom. The van der Waals surface area contributed by atoms with Crippen LogP contribution in [0.1, 0.15) is 5.56 Å². The molecular weight excluding hydrogens is 286 g/mol. The lowest BCUT2D eigenvalue weighted by Crippen LogP contribution is -1.99. The zero-order valence-electron chi connectivity index (χ0n) is 12.6. The molecule has 4 nitrogen and oxygen atoms in total. The van der Waals surface area contributed by atoms with Gasteiger partial charge in [-0.2, -0.15) is 0 Å². The third-order valence-electron chi connectivity index (χ3n) is 3.91. The molecule has 4 rings (SSSR count). The van der Waals surface area contributed by atoms with Crippen molar-refractivity contribution in [2.24, 2.45) is 0 Å². The maximum Gasteiger partial charge on any atom is 0.141 e. The lowest BCUT2D eigenvalue weighted by molar-refractivity contribution is 0.470. The molecule has 0 fully saturated rings. The molecule has 0 bridgehead atoms. The standard InChI is InChI=1S/C19H15N3O/c1-13-10-11-18(23)17(12-13)22-19-15(14-6-3-2-4-7-14)8-5-9-16(19)20-21-22/h2-12,23H,1H3. The SMILES string of the molecule is Cc1ccc(O)c(-n2nnc3cccc(-c4ccccc4)c32)c1. The van der Waals surface area contributed by atoms with Gasteiger partial charge in [-0.3, -0.25) is 0 Å². The molecule has 0 amide bonds. The summed E-state index contributed by atoms with van der Waals surface area (Å²) < 4.78 is 1.71. The Hall–Kier alpha value is -3.14. The van der Waals surface area contributed by atoms with Crippen molar-refractivity contribution < 1.29 is 5.11 Å². The van der Waals surface area contributed by atoms with Crippen LogP contribution in [-0.4, -0.2) is 20.1 Å². The highest BCUT2D eigenvalue weighted by atomic mass is 16.3. The normalized spacial score (nSPS) is 11.0. The van der Waals surface area contributed by atoms with Crippen LogP contribution in [0.3, 0.4) is 0 Å². The fourth-order valence-corrected chi connectivity index (χ4v) is 2.79. The molecular formula is C19H15N3O. The maximum atomic E-state index is 10.2. The number of benzene rings is 3. The van der Waals surface area contributed by atoms with Crippen LogP contribution in [0.15, 0.2) is 66.7 Å². The Balaban J connectivity index is 2.04. The van der Waals surface area contributed by atoms with E-state index in [4.69, 9.17) is 0 Å². The van der Waals surface area contributed by atoms with Gasteiger partial charge < -0.3 is 5.11 Å².